The molecule has 0 fully saturated rings. The molecule has 0 atom stereocenters. The van der Waals surface area contributed by atoms with E-state index in [2.05, 4.69) is 11.1 Å². The van der Waals surface area contributed by atoms with Gasteiger partial charge in [-0.05, 0) is 31.5 Å². The second-order valence-electron chi connectivity index (χ2n) is 4.82. The van der Waals surface area contributed by atoms with Crippen molar-refractivity contribution in [3.8, 4) is 11.3 Å². The number of benzene rings is 1. The Bertz CT molecular complexity index is 821. The summed E-state index contributed by atoms with van der Waals surface area (Å²) in [5, 5.41) is 0.480. The molecule has 0 aliphatic heterocycles. The van der Waals surface area contributed by atoms with Gasteiger partial charge < -0.3 is 0 Å². The fourth-order valence-corrected chi connectivity index (χ4v) is 2.71. The van der Waals surface area contributed by atoms with Gasteiger partial charge in [0.1, 0.15) is 22.2 Å². The average Bonchev–Trinajstić information content (AvgIpc) is 2.78. The van der Waals surface area contributed by atoms with Crippen LogP contribution in [0.25, 0.3) is 16.9 Å². The third kappa shape index (κ3) is 1.91. The van der Waals surface area contributed by atoms with Crippen LogP contribution in [0.2, 0.25) is 5.15 Å². The summed E-state index contributed by atoms with van der Waals surface area (Å²) in [5.74, 6) is 0. The summed E-state index contributed by atoms with van der Waals surface area (Å²) in [6.45, 7) is 4.06. The fourth-order valence-electron chi connectivity index (χ4n) is 2.46. The minimum Gasteiger partial charge on any atom is -0.296 e. The number of halogens is 1. The zero-order valence-electron chi connectivity index (χ0n) is 11.2. The topological polar surface area (TPSA) is 34.4 Å². The molecule has 0 spiro atoms. The first-order valence-corrected chi connectivity index (χ1v) is 6.69. The number of fused-ring (bicyclic) bond motifs is 1. The average molecular weight is 285 g/mol. The van der Waals surface area contributed by atoms with Gasteiger partial charge in [-0.25, -0.2) is 4.98 Å². The van der Waals surface area contributed by atoms with Crippen LogP contribution in [0.5, 0.6) is 0 Å². The van der Waals surface area contributed by atoms with E-state index in [0.717, 1.165) is 17.4 Å². The first kappa shape index (κ1) is 12.9. The Morgan fingerprint density at radius 2 is 2.00 bits per heavy atom. The van der Waals surface area contributed by atoms with Crippen molar-refractivity contribution in [1.82, 2.24) is 9.38 Å². The largest absolute Gasteiger partial charge is 0.296 e. The van der Waals surface area contributed by atoms with Crippen LogP contribution >= 0.6 is 11.6 Å². The van der Waals surface area contributed by atoms with E-state index < -0.39 is 0 Å². The van der Waals surface area contributed by atoms with Crippen molar-refractivity contribution in [1.29, 1.82) is 0 Å². The molecule has 2 heterocycles. The van der Waals surface area contributed by atoms with Gasteiger partial charge in [-0.15, -0.1) is 0 Å². The highest BCUT2D eigenvalue weighted by atomic mass is 35.5. The molecule has 3 rings (SSSR count). The molecule has 0 bridgehead atoms. The van der Waals surface area contributed by atoms with Gasteiger partial charge in [-0.2, -0.15) is 0 Å². The van der Waals surface area contributed by atoms with E-state index in [9.17, 15) is 4.79 Å². The quantitative estimate of drug-likeness (QED) is 0.525. The number of aryl methyl sites for hydroxylation is 2. The predicted molar refractivity (Wildman–Crippen MR) is 80.5 cm³/mol. The van der Waals surface area contributed by atoms with Gasteiger partial charge in [-0.1, -0.05) is 41.4 Å². The number of carbonyl (C=O) groups excluding carboxylic acids is 1. The van der Waals surface area contributed by atoms with E-state index in [0.29, 0.717) is 22.2 Å². The molecule has 2 aromatic heterocycles. The number of nitrogens with zero attached hydrogens (tertiary/aromatic N) is 2. The lowest BCUT2D eigenvalue weighted by atomic mass is 10.0. The molecule has 0 saturated carbocycles. The maximum Gasteiger partial charge on any atom is 0.169 e. The first-order valence-electron chi connectivity index (χ1n) is 6.31. The van der Waals surface area contributed by atoms with E-state index >= 15 is 0 Å². The Morgan fingerprint density at radius 3 is 2.70 bits per heavy atom. The van der Waals surface area contributed by atoms with Gasteiger partial charge in [0.15, 0.2) is 6.29 Å². The van der Waals surface area contributed by atoms with E-state index in [1.807, 2.05) is 38.1 Å². The van der Waals surface area contributed by atoms with Gasteiger partial charge in [0.25, 0.3) is 0 Å². The highest BCUT2D eigenvalue weighted by Gasteiger charge is 2.16. The highest BCUT2D eigenvalue weighted by Crippen LogP contribution is 2.28. The summed E-state index contributed by atoms with van der Waals surface area (Å²) in [5.41, 5.74) is 5.06. The second-order valence-corrected chi connectivity index (χ2v) is 5.21. The number of pyridine rings is 1. The SMILES string of the molecule is Cc1ccc(-c2nc3cccc(Cl)n3c2C=O)c(C)c1. The van der Waals surface area contributed by atoms with Gasteiger partial charge in [-0.3, -0.25) is 9.20 Å². The summed E-state index contributed by atoms with van der Waals surface area (Å²) in [4.78, 5) is 16.0. The number of hydrogen-bond donors (Lipinski definition) is 0. The molecule has 0 N–H and O–H groups in total. The molecule has 0 radical (unpaired) electrons. The van der Waals surface area contributed by atoms with Gasteiger partial charge in [0.05, 0.1) is 0 Å². The van der Waals surface area contributed by atoms with Gasteiger partial charge in [0, 0.05) is 5.56 Å². The number of hydrogen-bond acceptors (Lipinski definition) is 2. The molecule has 0 aliphatic carbocycles. The molecule has 0 amide bonds. The molecule has 0 aliphatic rings. The summed E-state index contributed by atoms with van der Waals surface area (Å²) >= 11 is 6.17. The molecular formula is C16H13ClN2O. The number of aldehydes is 1. The van der Waals surface area contributed by atoms with E-state index in [-0.39, 0.29) is 0 Å². The van der Waals surface area contributed by atoms with Crippen LogP contribution in [0.4, 0.5) is 0 Å². The van der Waals surface area contributed by atoms with Crippen molar-refractivity contribution in [3.05, 3.63) is 58.4 Å². The Balaban J connectivity index is 2.36. The van der Waals surface area contributed by atoms with Crippen molar-refractivity contribution in [2.75, 3.05) is 0 Å². The molecule has 3 aromatic rings. The van der Waals surface area contributed by atoms with Crippen molar-refractivity contribution < 1.29 is 4.79 Å². The Morgan fingerprint density at radius 1 is 1.20 bits per heavy atom. The summed E-state index contributed by atoms with van der Waals surface area (Å²) in [7, 11) is 0. The van der Waals surface area contributed by atoms with Crippen molar-refractivity contribution in [2.45, 2.75) is 13.8 Å². The summed E-state index contributed by atoms with van der Waals surface area (Å²) in [6.07, 6.45) is 0.806. The number of carbonyl (C=O) groups is 1. The van der Waals surface area contributed by atoms with Gasteiger partial charge in [0.2, 0.25) is 0 Å². The number of rotatable bonds is 2. The predicted octanol–water partition coefficient (Wildman–Crippen LogP) is 4.08. The molecule has 1 aromatic carbocycles. The standard InChI is InChI=1S/C16H13ClN2O/c1-10-6-7-12(11(2)8-10)16-13(9-20)19-14(17)4-3-5-15(19)18-16/h3-9H,1-2H3. The molecule has 4 heteroatoms. The van der Waals surface area contributed by atoms with Crippen LogP contribution in [0, 0.1) is 13.8 Å². The van der Waals surface area contributed by atoms with Crippen molar-refractivity contribution in [3.63, 3.8) is 0 Å². The molecule has 20 heavy (non-hydrogen) atoms. The fraction of sp³-hybridized carbons (Fsp3) is 0.125. The van der Waals surface area contributed by atoms with Crippen LogP contribution in [0.3, 0.4) is 0 Å². The van der Waals surface area contributed by atoms with E-state index in [1.54, 1.807) is 10.5 Å². The molecule has 0 unspecified atom stereocenters. The molecule has 0 saturated heterocycles. The lowest BCUT2D eigenvalue weighted by Crippen LogP contribution is -1.94. The van der Waals surface area contributed by atoms with Crippen LogP contribution in [0.1, 0.15) is 21.6 Å². The second kappa shape index (κ2) is 4.76. The maximum atomic E-state index is 11.5. The molecule has 3 nitrogen and oxygen atoms in total. The van der Waals surface area contributed by atoms with Crippen LogP contribution in [-0.4, -0.2) is 15.7 Å². The molecular weight excluding hydrogens is 272 g/mol. The number of imidazole rings is 1. The maximum absolute atomic E-state index is 11.5. The van der Waals surface area contributed by atoms with Crippen molar-refractivity contribution in [2.24, 2.45) is 0 Å². The lowest BCUT2D eigenvalue weighted by molar-refractivity contribution is 0.111. The van der Waals surface area contributed by atoms with Crippen LogP contribution in [-0.2, 0) is 0 Å². The normalized spacial score (nSPS) is 10.9. The smallest absolute Gasteiger partial charge is 0.169 e. The first-order chi connectivity index (χ1) is 9.61. The Labute approximate surface area is 121 Å². The van der Waals surface area contributed by atoms with E-state index in [4.69, 9.17) is 11.6 Å². The van der Waals surface area contributed by atoms with E-state index in [1.165, 1.54) is 5.56 Å². The summed E-state index contributed by atoms with van der Waals surface area (Å²) in [6, 6.07) is 11.5. The van der Waals surface area contributed by atoms with Crippen LogP contribution in [0.15, 0.2) is 36.4 Å². The minimum atomic E-state index is 0.480. The Hall–Kier alpha value is -2.13. The third-order valence-electron chi connectivity index (χ3n) is 3.38. The van der Waals surface area contributed by atoms with Crippen LogP contribution < -0.4 is 0 Å². The molecule has 100 valence electrons. The zero-order valence-corrected chi connectivity index (χ0v) is 12.0. The third-order valence-corrected chi connectivity index (χ3v) is 3.68. The lowest BCUT2D eigenvalue weighted by Gasteiger charge is -2.05. The van der Waals surface area contributed by atoms with Crippen molar-refractivity contribution >= 4 is 23.5 Å². The highest BCUT2D eigenvalue weighted by molar-refractivity contribution is 6.30. The van der Waals surface area contributed by atoms with Gasteiger partial charge >= 0.3 is 0 Å². The number of aromatic nitrogens is 2. The summed E-state index contributed by atoms with van der Waals surface area (Å²) < 4.78 is 1.67. The zero-order chi connectivity index (χ0) is 14.3. The minimum absolute atomic E-state index is 0.480. The monoisotopic (exact) mass is 284 g/mol. The Kier molecular flexibility index (Phi) is 3.07.